The molecule has 148 valence electrons. The molecule has 1 N–H and O–H groups in total. The molecule has 9 heteroatoms. The maximum absolute atomic E-state index is 13.1. The maximum atomic E-state index is 13.1. The number of aromatic nitrogens is 2. The van der Waals surface area contributed by atoms with Gasteiger partial charge in [-0.1, -0.05) is 40.5 Å². The lowest BCUT2D eigenvalue weighted by Crippen LogP contribution is -2.16. The molecule has 29 heavy (non-hydrogen) atoms. The van der Waals surface area contributed by atoms with Crippen molar-refractivity contribution in [1.29, 1.82) is 0 Å². The van der Waals surface area contributed by atoms with Crippen molar-refractivity contribution in [2.75, 3.05) is 5.32 Å². The number of amides is 1. The molecule has 4 rings (SSSR count). The molecule has 0 spiro atoms. The minimum absolute atomic E-state index is 0.311. The van der Waals surface area contributed by atoms with E-state index < -0.39 is 0 Å². The fraction of sp³-hybridized carbons (Fsp3) is 0.150. The van der Waals surface area contributed by atoms with Crippen LogP contribution < -0.4 is 5.32 Å². The number of oxime groups is 1. The Morgan fingerprint density at radius 2 is 1.97 bits per heavy atom. The zero-order valence-corrected chi connectivity index (χ0v) is 16.7. The van der Waals surface area contributed by atoms with E-state index in [-0.39, 0.29) is 17.8 Å². The minimum Gasteiger partial charge on any atom is -0.387 e. The van der Waals surface area contributed by atoms with Gasteiger partial charge in [-0.05, 0) is 42.0 Å². The van der Waals surface area contributed by atoms with Crippen LogP contribution in [0.4, 0.5) is 10.1 Å². The smallest absolute Gasteiger partial charge is 0.273 e. The Morgan fingerprint density at radius 1 is 1.21 bits per heavy atom. The minimum atomic E-state index is -0.370. The predicted molar refractivity (Wildman–Crippen MR) is 109 cm³/mol. The van der Waals surface area contributed by atoms with E-state index in [1.807, 2.05) is 0 Å². The molecular formula is C20H15Cl2FN4O2. The van der Waals surface area contributed by atoms with Crippen LogP contribution in [0.1, 0.15) is 34.3 Å². The van der Waals surface area contributed by atoms with Crippen LogP contribution in [0.25, 0.3) is 0 Å². The second kappa shape index (κ2) is 7.85. The first kappa shape index (κ1) is 19.4. The SMILES string of the molecule is Cn1nc(C2=NOC(c3ccc(F)cc3)C2)cc1C(=O)Nc1ccc(Cl)cc1Cl. The number of carbonyl (C=O) groups excluding carboxylic acids is 1. The summed E-state index contributed by atoms with van der Waals surface area (Å²) in [6.07, 6.45) is 0.143. The molecule has 2 aromatic carbocycles. The molecule has 1 aromatic heterocycles. The van der Waals surface area contributed by atoms with Crippen LogP contribution in [-0.2, 0) is 11.9 Å². The molecule has 2 heterocycles. The highest BCUT2D eigenvalue weighted by molar-refractivity contribution is 6.36. The van der Waals surface area contributed by atoms with Crippen molar-refractivity contribution < 1.29 is 14.0 Å². The number of benzene rings is 2. The number of hydrogen-bond donors (Lipinski definition) is 1. The third kappa shape index (κ3) is 4.11. The third-order valence-electron chi connectivity index (χ3n) is 4.50. The van der Waals surface area contributed by atoms with Crippen molar-refractivity contribution in [3.8, 4) is 0 Å². The van der Waals surface area contributed by atoms with Gasteiger partial charge in [0.1, 0.15) is 22.9 Å². The van der Waals surface area contributed by atoms with Crippen molar-refractivity contribution in [1.82, 2.24) is 9.78 Å². The Balaban J connectivity index is 1.49. The lowest BCUT2D eigenvalue weighted by atomic mass is 10.0. The molecule has 0 fully saturated rings. The summed E-state index contributed by atoms with van der Waals surface area (Å²) in [7, 11) is 1.66. The number of nitrogens with zero attached hydrogens (tertiary/aromatic N) is 3. The van der Waals surface area contributed by atoms with E-state index in [2.05, 4.69) is 15.6 Å². The molecule has 1 aliphatic heterocycles. The summed E-state index contributed by atoms with van der Waals surface area (Å²) < 4.78 is 14.6. The summed E-state index contributed by atoms with van der Waals surface area (Å²) >= 11 is 12.0. The van der Waals surface area contributed by atoms with Gasteiger partial charge in [-0.15, -0.1) is 0 Å². The van der Waals surface area contributed by atoms with Gasteiger partial charge in [-0.2, -0.15) is 5.10 Å². The normalized spacial score (nSPS) is 15.7. The summed E-state index contributed by atoms with van der Waals surface area (Å²) in [5, 5.41) is 12.0. The molecular weight excluding hydrogens is 418 g/mol. The largest absolute Gasteiger partial charge is 0.387 e. The van der Waals surface area contributed by atoms with E-state index in [0.29, 0.717) is 39.3 Å². The molecule has 1 aliphatic rings. The second-order valence-electron chi connectivity index (χ2n) is 6.50. The van der Waals surface area contributed by atoms with Crippen molar-refractivity contribution in [2.45, 2.75) is 12.5 Å². The monoisotopic (exact) mass is 432 g/mol. The lowest BCUT2D eigenvalue weighted by Gasteiger charge is -2.07. The highest BCUT2D eigenvalue weighted by Gasteiger charge is 2.27. The zero-order valence-electron chi connectivity index (χ0n) is 15.2. The highest BCUT2D eigenvalue weighted by Crippen LogP contribution is 2.30. The van der Waals surface area contributed by atoms with Gasteiger partial charge in [0.05, 0.1) is 10.7 Å². The average Bonchev–Trinajstić information content (AvgIpc) is 3.31. The summed E-state index contributed by atoms with van der Waals surface area (Å²) in [5.41, 5.74) is 2.74. The fourth-order valence-corrected chi connectivity index (χ4v) is 3.44. The van der Waals surface area contributed by atoms with Crippen LogP contribution >= 0.6 is 23.2 Å². The number of halogens is 3. The Hall–Kier alpha value is -2.90. The van der Waals surface area contributed by atoms with E-state index in [0.717, 1.165) is 5.56 Å². The molecule has 0 radical (unpaired) electrons. The number of rotatable bonds is 4. The van der Waals surface area contributed by atoms with Gasteiger partial charge in [0.2, 0.25) is 0 Å². The molecule has 1 unspecified atom stereocenters. The van der Waals surface area contributed by atoms with E-state index >= 15 is 0 Å². The topological polar surface area (TPSA) is 68.5 Å². The van der Waals surface area contributed by atoms with Crippen molar-refractivity contribution in [3.63, 3.8) is 0 Å². The lowest BCUT2D eigenvalue weighted by molar-refractivity contribution is 0.0857. The van der Waals surface area contributed by atoms with Gasteiger partial charge < -0.3 is 10.2 Å². The van der Waals surface area contributed by atoms with Gasteiger partial charge in [0.25, 0.3) is 5.91 Å². The average molecular weight is 433 g/mol. The highest BCUT2D eigenvalue weighted by atomic mass is 35.5. The third-order valence-corrected chi connectivity index (χ3v) is 5.05. The number of hydrogen-bond acceptors (Lipinski definition) is 4. The van der Waals surface area contributed by atoms with Crippen LogP contribution in [0, 0.1) is 5.82 Å². The number of nitrogens with one attached hydrogen (secondary N) is 1. The van der Waals surface area contributed by atoms with Gasteiger partial charge in [0, 0.05) is 18.5 Å². The predicted octanol–water partition coefficient (Wildman–Crippen LogP) is 4.98. The van der Waals surface area contributed by atoms with E-state index in [1.54, 1.807) is 43.4 Å². The van der Waals surface area contributed by atoms with Crippen LogP contribution in [0.2, 0.25) is 10.0 Å². The molecule has 0 bridgehead atoms. The molecule has 1 atom stereocenters. The Kier molecular flexibility index (Phi) is 5.25. The van der Waals surface area contributed by atoms with Gasteiger partial charge >= 0.3 is 0 Å². The maximum Gasteiger partial charge on any atom is 0.273 e. The van der Waals surface area contributed by atoms with Crippen molar-refractivity contribution >= 4 is 40.5 Å². The van der Waals surface area contributed by atoms with Crippen molar-refractivity contribution in [2.24, 2.45) is 12.2 Å². The first-order valence-electron chi connectivity index (χ1n) is 8.69. The summed E-state index contributed by atoms with van der Waals surface area (Å²) in [6, 6.07) is 12.5. The number of aryl methyl sites for hydroxylation is 1. The standard InChI is InChI=1S/C20H15Cl2FN4O2/c1-27-18(20(28)24-15-7-4-12(21)8-14(15)22)9-16(25-27)17-10-19(29-26-17)11-2-5-13(23)6-3-11/h2-9,19H,10H2,1H3,(H,24,28). The number of anilines is 1. The molecule has 6 nitrogen and oxygen atoms in total. The zero-order chi connectivity index (χ0) is 20.5. The molecule has 0 saturated heterocycles. The summed E-state index contributed by atoms with van der Waals surface area (Å²) in [4.78, 5) is 18.1. The first-order valence-corrected chi connectivity index (χ1v) is 9.45. The molecule has 3 aromatic rings. The Bertz CT molecular complexity index is 1110. The van der Waals surface area contributed by atoms with Gasteiger partial charge in [-0.3, -0.25) is 9.48 Å². The quantitative estimate of drug-likeness (QED) is 0.631. The van der Waals surface area contributed by atoms with Crippen LogP contribution in [-0.4, -0.2) is 21.4 Å². The summed E-state index contributed by atoms with van der Waals surface area (Å²) in [5.74, 6) is -0.681. The summed E-state index contributed by atoms with van der Waals surface area (Å²) in [6.45, 7) is 0. The van der Waals surface area contributed by atoms with E-state index in [9.17, 15) is 9.18 Å². The van der Waals surface area contributed by atoms with Crippen LogP contribution in [0.3, 0.4) is 0 Å². The second-order valence-corrected chi connectivity index (χ2v) is 7.35. The van der Waals surface area contributed by atoms with Crippen molar-refractivity contribution in [3.05, 3.63) is 81.3 Å². The van der Waals surface area contributed by atoms with Gasteiger partial charge in [0.15, 0.2) is 6.10 Å². The molecule has 0 aliphatic carbocycles. The van der Waals surface area contributed by atoms with Crippen LogP contribution in [0.5, 0.6) is 0 Å². The Labute approximate surface area is 175 Å². The molecule has 1 amide bonds. The van der Waals surface area contributed by atoms with E-state index in [4.69, 9.17) is 28.0 Å². The van der Waals surface area contributed by atoms with Gasteiger partial charge in [-0.25, -0.2) is 4.39 Å². The Morgan fingerprint density at radius 3 is 2.69 bits per heavy atom. The fourth-order valence-electron chi connectivity index (χ4n) is 2.98. The number of carbonyl (C=O) groups is 1. The van der Waals surface area contributed by atoms with E-state index in [1.165, 1.54) is 16.8 Å². The molecule has 0 saturated carbocycles. The first-order chi connectivity index (χ1) is 13.9. The van der Waals surface area contributed by atoms with Crippen LogP contribution in [0.15, 0.2) is 53.7 Å².